The minimum Gasteiger partial charge on any atom is -0.461 e. The van der Waals surface area contributed by atoms with E-state index in [-0.39, 0.29) is 5.97 Å². The molecule has 0 heterocycles. The largest absolute Gasteiger partial charge is 0.461 e. The van der Waals surface area contributed by atoms with Crippen LogP contribution in [0.25, 0.3) is 0 Å². The first-order valence-electron chi connectivity index (χ1n) is 6.07. The second-order valence-corrected chi connectivity index (χ2v) is 4.09. The Morgan fingerprint density at radius 1 is 1.29 bits per heavy atom. The molecule has 0 amide bonds. The van der Waals surface area contributed by atoms with E-state index in [0.29, 0.717) is 6.61 Å². The summed E-state index contributed by atoms with van der Waals surface area (Å²) in [5.41, 5.74) is 2.43. The van der Waals surface area contributed by atoms with Crippen LogP contribution in [0.4, 0.5) is 0 Å². The van der Waals surface area contributed by atoms with Crippen LogP contribution in [0.1, 0.15) is 32.3 Å². The summed E-state index contributed by atoms with van der Waals surface area (Å²) in [6.07, 6.45) is 5.17. The van der Waals surface area contributed by atoms with E-state index in [0.717, 1.165) is 19.3 Å². The van der Waals surface area contributed by atoms with Gasteiger partial charge < -0.3 is 4.74 Å². The van der Waals surface area contributed by atoms with Crippen molar-refractivity contribution in [2.75, 3.05) is 6.61 Å². The minimum atomic E-state index is -0.222. The van der Waals surface area contributed by atoms with Crippen molar-refractivity contribution in [3.63, 3.8) is 0 Å². The van der Waals surface area contributed by atoms with Gasteiger partial charge in [0.2, 0.25) is 0 Å². The van der Waals surface area contributed by atoms with Crippen molar-refractivity contribution in [2.45, 2.75) is 33.1 Å². The van der Waals surface area contributed by atoms with Crippen molar-refractivity contribution in [3.8, 4) is 0 Å². The molecule has 0 saturated carbocycles. The maximum absolute atomic E-state index is 10.8. The molecular weight excluding hydrogens is 212 g/mol. The standard InChI is InChI=1S/C15H20O2/c1-3-4-8-15(12-17-13(2)16)11-14-9-6-5-7-10-14/h5-10H,3-4,11-12H2,1-2H3/b15-8+. The molecule has 2 nitrogen and oxygen atoms in total. The summed E-state index contributed by atoms with van der Waals surface area (Å²) in [5.74, 6) is -0.222. The molecule has 0 fully saturated rings. The van der Waals surface area contributed by atoms with Gasteiger partial charge in [-0.3, -0.25) is 4.79 Å². The fraction of sp³-hybridized carbons (Fsp3) is 0.400. The van der Waals surface area contributed by atoms with Gasteiger partial charge in [0.1, 0.15) is 6.61 Å². The Balaban J connectivity index is 2.60. The highest BCUT2D eigenvalue weighted by atomic mass is 16.5. The Kier molecular flexibility index (Phi) is 6.08. The topological polar surface area (TPSA) is 26.3 Å². The molecular formula is C15H20O2. The predicted octanol–water partition coefficient (Wildman–Crippen LogP) is 3.52. The van der Waals surface area contributed by atoms with E-state index in [9.17, 15) is 4.79 Å². The van der Waals surface area contributed by atoms with Crippen LogP contribution in [0.2, 0.25) is 0 Å². The number of unbranched alkanes of at least 4 members (excludes halogenated alkanes) is 1. The fourth-order valence-corrected chi connectivity index (χ4v) is 1.58. The number of benzene rings is 1. The van der Waals surface area contributed by atoms with Crippen LogP contribution in [-0.4, -0.2) is 12.6 Å². The van der Waals surface area contributed by atoms with E-state index in [4.69, 9.17) is 4.74 Å². The fourth-order valence-electron chi connectivity index (χ4n) is 1.58. The first-order chi connectivity index (χ1) is 8.22. The molecule has 92 valence electrons. The van der Waals surface area contributed by atoms with Crippen LogP contribution < -0.4 is 0 Å². The second kappa shape index (κ2) is 7.66. The van der Waals surface area contributed by atoms with Crippen LogP contribution in [-0.2, 0) is 16.0 Å². The van der Waals surface area contributed by atoms with E-state index >= 15 is 0 Å². The average Bonchev–Trinajstić information content (AvgIpc) is 2.34. The van der Waals surface area contributed by atoms with Crippen molar-refractivity contribution in [1.29, 1.82) is 0 Å². The monoisotopic (exact) mass is 232 g/mol. The molecule has 0 spiro atoms. The van der Waals surface area contributed by atoms with Crippen molar-refractivity contribution in [2.24, 2.45) is 0 Å². The molecule has 2 heteroatoms. The van der Waals surface area contributed by atoms with Crippen LogP contribution in [0.3, 0.4) is 0 Å². The number of carbonyl (C=O) groups is 1. The quantitative estimate of drug-likeness (QED) is 0.554. The van der Waals surface area contributed by atoms with Gasteiger partial charge >= 0.3 is 5.97 Å². The van der Waals surface area contributed by atoms with Crippen molar-refractivity contribution >= 4 is 5.97 Å². The first-order valence-corrected chi connectivity index (χ1v) is 6.07. The van der Waals surface area contributed by atoms with Crippen LogP contribution >= 0.6 is 0 Å². The number of hydrogen-bond donors (Lipinski definition) is 0. The third kappa shape index (κ3) is 5.91. The molecule has 0 aromatic heterocycles. The van der Waals surface area contributed by atoms with Gasteiger partial charge in [0.15, 0.2) is 0 Å². The van der Waals surface area contributed by atoms with E-state index in [1.165, 1.54) is 18.1 Å². The zero-order valence-electron chi connectivity index (χ0n) is 10.6. The van der Waals surface area contributed by atoms with E-state index in [2.05, 4.69) is 25.1 Å². The second-order valence-electron chi connectivity index (χ2n) is 4.09. The Hall–Kier alpha value is -1.57. The lowest BCUT2D eigenvalue weighted by atomic mass is 10.0. The SMILES string of the molecule is CCC/C=C(/COC(C)=O)Cc1ccccc1. The number of carbonyl (C=O) groups excluding carboxylic acids is 1. The summed E-state index contributed by atoms with van der Waals surface area (Å²) in [5, 5.41) is 0. The highest BCUT2D eigenvalue weighted by Crippen LogP contribution is 2.10. The molecule has 0 radical (unpaired) electrons. The molecule has 1 aromatic rings. The molecule has 17 heavy (non-hydrogen) atoms. The highest BCUT2D eigenvalue weighted by Gasteiger charge is 2.02. The van der Waals surface area contributed by atoms with Gasteiger partial charge in [0, 0.05) is 6.92 Å². The Bertz CT molecular complexity index is 366. The number of allylic oxidation sites excluding steroid dienone is 1. The van der Waals surface area contributed by atoms with Crippen LogP contribution in [0.15, 0.2) is 42.0 Å². The zero-order valence-corrected chi connectivity index (χ0v) is 10.6. The lowest BCUT2D eigenvalue weighted by Gasteiger charge is -2.08. The maximum Gasteiger partial charge on any atom is 0.302 e. The maximum atomic E-state index is 10.8. The lowest BCUT2D eigenvalue weighted by Crippen LogP contribution is -2.05. The summed E-state index contributed by atoms with van der Waals surface area (Å²) in [4.78, 5) is 10.8. The Morgan fingerprint density at radius 2 is 2.00 bits per heavy atom. The summed E-state index contributed by atoms with van der Waals surface area (Å²) in [6.45, 7) is 3.99. The molecule has 1 rings (SSSR count). The highest BCUT2D eigenvalue weighted by molar-refractivity contribution is 5.66. The lowest BCUT2D eigenvalue weighted by molar-refractivity contribution is -0.140. The first kappa shape index (κ1) is 13.5. The number of ether oxygens (including phenoxy) is 1. The summed E-state index contributed by atoms with van der Waals surface area (Å²) in [6, 6.07) is 10.2. The molecule has 0 aliphatic rings. The van der Waals surface area contributed by atoms with Crippen LogP contribution in [0.5, 0.6) is 0 Å². The van der Waals surface area contributed by atoms with E-state index in [1.807, 2.05) is 18.2 Å². The summed E-state index contributed by atoms with van der Waals surface area (Å²) >= 11 is 0. The van der Waals surface area contributed by atoms with E-state index < -0.39 is 0 Å². The summed E-state index contributed by atoms with van der Waals surface area (Å²) in [7, 11) is 0. The molecule has 0 saturated heterocycles. The van der Waals surface area contributed by atoms with Crippen molar-refractivity contribution in [1.82, 2.24) is 0 Å². The van der Waals surface area contributed by atoms with E-state index in [1.54, 1.807) is 0 Å². The third-order valence-electron chi connectivity index (χ3n) is 2.46. The van der Waals surface area contributed by atoms with Gasteiger partial charge in [-0.1, -0.05) is 49.8 Å². The van der Waals surface area contributed by atoms with Gasteiger partial charge in [0.25, 0.3) is 0 Å². The summed E-state index contributed by atoms with van der Waals surface area (Å²) < 4.78 is 5.07. The smallest absolute Gasteiger partial charge is 0.302 e. The van der Waals surface area contributed by atoms with Gasteiger partial charge in [-0.2, -0.15) is 0 Å². The average molecular weight is 232 g/mol. The normalized spacial score (nSPS) is 11.3. The van der Waals surface area contributed by atoms with Crippen molar-refractivity contribution < 1.29 is 9.53 Å². The van der Waals surface area contributed by atoms with Gasteiger partial charge in [0.05, 0.1) is 0 Å². The molecule has 0 unspecified atom stereocenters. The molecule has 0 aliphatic carbocycles. The molecule has 1 aromatic carbocycles. The zero-order chi connectivity index (χ0) is 12.5. The van der Waals surface area contributed by atoms with Crippen LogP contribution in [0, 0.1) is 0 Å². The van der Waals surface area contributed by atoms with Gasteiger partial charge in [-0.05, 0) is 24.0 Å². The Morgan fingerprint density at radius 3 is 2.59 bits per heavy atom. The third-order valence-corrected chi connectivity index (χ3v) is 2.46. The molecule has 0 N–H and O–H groups in total. The van der Waals surface area contributed by atoms with Crippen molar-refractivity contribution in [3.05, 3.63) is 47.5 Å². The predicted molar refractivity (Wildman–Crippen MR) is 69.8 cm³/mol. The molecule has 0 aliphatic heterocycles. The van der Waals surface area contributed by atoms with Gasteiger partial charge in [-0.25, -0.2) is 0 Å². The molecule has 0 atom stereocenters. The Labute approximate surface area is 103 Å². The number of rotatable bonds is 6. The van der Waals surface area contributed by atoms with Gasteiger partial charge in [-0.15, -0.1) is 0 Å². The molecule has 0 bridgehead atoms. The number of esters is 1. The minimum absolute atomic E-state index is 0.222. The number of hydrogen-bond acceptors (Lipinski definition) is 2.